The molecule has 1 saturated carbocycles. The molecule has 2 N–H and O–H groups in total. The van der Waals surface area contributed by atoms with E-state index in [9.17, 15) is 0 Å². The van der Waals surface area contributed by atoms with Gasteiger partial charge in [-0.1, -0.05) is 6.92 Å². The van der Waals surface area contributed by atoms with Crippen LogP contribution in [0.5, 0.6) is 0 Å². The van der Waals surface area contributed by atoms with Gasteiger partial charge in [0.15, 0.2) is 5.82 Å². The molecular weight excluding hydrogens is 314 g/mol. The molecule has 2 aliphatic rings. The Hall–Kier alpha value is -1.66. The number of ether oxygens (including phenoxy) is 1. The summed E-state index contributed by atoms with van der Waals surface area (Å²) in [5.74, 6) is 1.54. The Kier molecular flexibility index (Phi) is 5.17. The van der Waals surface area contributed by atoms with Gasteiger partial charge in [-0.2, -0.15) is 5.10 Å². The fourth-order valence-electron chi connectivity index (χ4n) is 4.35. The number of hydrogen-bond donors (Lipinski definition) is 2. The molecular formula is C19H29N5O. The van der Waals surface area contributed by atoms with Crippen molar-refractivity contribution in [1.82, 2.24) is 19.9 Å². The molecule has 0 radical (unpaired) electrons. The average Bonchev–Trinajstić information content (AvgIpc) is 3.10. The Morgan fingerprint density at radius 2 is 1.88 bits per heavy atom. The third kappa shape index (κ3) is 3.65. The van der Waals surface area contributed by atoms with E-state index in [1.165, 1.54) is 31.2 Å². The van der Waals surface area contributed by atoms with Crippen LogP contribution in [0.1, 0.15) is 56.9 Å². The molecule has 1 aliphatic carbocycles. The number of anilines is 1. The maximum Gasteiger partial charge on any atom is 0.154 e. The van der Waals surface area contributed by atoms with Crippen LogP contribution < -0.4 is 10.6 Å². The van der Waals surface area contributed by atoms with Crippen molar-refractivity contribution in [3.8, 4) is 0 Å². The van der Waals surface area contributed by atoms with Crippen LogP contribution in [0.2, 0.25) is 0 Å². The second kappa shape index (κ2) is 7.70. The molecule has 3 heterocycles. The summed E-state index contributed by atoms with van der Waals surface area (Å²) < 4.78 is 7.51. The highest BCUT2D eigenvalue weighted by molar-refractivity contribution is 5.73. The van der Waals surface area contributed by atoms with Crippen molar-refractivity contribution in [1.29, 1.82) is 0 Å². The average molecular weight is 343 g/mol. The van der Waals surface area contributed by atoms with Gasteiger partial charge in [0, 0.05) is 31.5 Å². The number of aromatic nitrogens is 3. The molecule has 2 fully saturated rings. The minimum Gasteiger partial charge on any atom is -0.381 e. The standard InChI is InChI=1S/C19H29N5O/c1-2-20-15-3-5-16(6-4-15)23-19-18-17(14-8-11-25-12-9-14)7-10-24(18)22-13-21-19/h7,10,13-16,20H,2-6,8-9,11-12H2,1H3,(H,21,22,23). The molecule has 0 bridgehead atoms. The van der Waals surface area contributed by atoms with Gasteiger partial charge in [-0.05, 0) is 62.6 Å². The van der Waals surface area contributed by atoms with Crippen LogP contribution in [0.25, 0.3) is 5.52 Å². The zero-order chi connectivity index (χ0) is 17.1. The molecule has 0 spiro atoms. The second-order valence-corrected chi connectivity index (χ2v) is 7.31. The Morgan fingerprint density at radius 1 is 1.12 bits per heavy atom. The zero-order valence-electron chi connectivity index (χ0n) is 15.1. The van der Waals surface area contributed by atoms with Crippen LogP contribution in [-0.2, 0) is 4.74 Å². The molecule has 25 heavy (non-hydrogen) atoms. The Labute approximate surface area is 149 Å². The predicted molar refractivity (Wildman–Crippen MR) is 99.1 cm³/mol. The van der Waals surface area contributed by atoms with Gasteiger partial charge < -0.3 is 15.4 Å². The summed E-state index contributed by atoms with van der Waals surface area (Å²) in [5.41, 5.74) is 2.52. The van der Waals surface area contributed by atoms with Crippen LogP contribution >= 0.6 is 0 Å². The normalized spacial score (nSPS) is 25.3. The van der Waals surface area contributed by atoms with E-state index in [1.54, 1.807) is 6.33 Å². The minimum absolute atomic E-state index is 0.506. The maximum absolute atomic E-state index is 5.53. The minimum atomic E-state index is 0.506. The monoisotopic (exact) mass is 343 g/mol. The van der Waals surface area contributed by atoms with E-state index in [4.69, 9.17) is 4.74 Å². The predicted octanol–water partition coefficient (Wildman–Crippen LogP) is 2.96. The smallest absolute Gasteiger partial charge is 0.154 e. The SMILES string of the molecule is CCNC1CCC(Nc2ncnn3ccc(C4CCOCC4)c23)CC1. The van der Waals surface area contributed by atoms with Crippen LogP contribution in [0.3, 0.4) is 0 Å². The number of nitrogens with zero attached hydrogens (tertiary/aromatic N) is 3. The Bertz CT molecular complexity index is 686. The molecule has 136 valence electrons. The molecule has 1 saturated heterocycles. The van der Waals surface area contributed by atoms with Gasteiger partial charge >= 0.3 is 0 Å². The third-order valence-electron chi connectivity index (χ3n) is 5.71. The van der Waals surface area contributed by atoms with Crippen molar-refractivity contribution in [2.24, 2.45) is 0 Å². The number of rotatable bonds is 5. The van der Waals surface area contributed by atoms with Crippen LogP contribution in [0, 0.1) is 0 Å². The molecule has 4 rings (SSSR count). The highest BCUT2D eigenvalue weighted by Gasteiger charge is 2.24. The lowest BCUT2D eigenvalue weighted by molar-refractivity contribution is 0.0856. The molecule has 0 unspecified atom stereocenters. The van der Waals surface area contributed by atoms with Crippen molar-refractivity contribution in [3.63, 3.8) is 0 Å². The molecule has 1 aliphatic heterocycles. The Balaban J connectivity index is 1.52. The molecule has 2 aromatic heterocycles. The largest absolute Gasteiger partial charge is 0.381 e. The number of fused-ring (bicyclic) bond motifs is 1. The van der Waals surface area contributed by atoms with E-state index in [0.717, 1.165) is 43.9 Å². The van der Waals surface area contributed by atoms with Gasteiger partial charge in [0.25, 0.3) is 0 Å². The lowest BCUT2D eigenvalue weighted by atomic mass is 9.90. The molecule has 0 aromatic carbocycles. The zero-order valence-corrected chi connectivity index (χ0v) is 15.1. The van der Waals surface area contributed by atoms with E-state index in [0.29, 0.717) is 18.0 Å². The van der Waals surface area contributed by atoms with Gasteiger partial charge in [-0.25, -0.2) is 9.50 Å². The first-order chi connectivity index (χ1) is 12.3. The molecule has 0 amide bonds. The van der Waals surface area contributed by atoms with E-state index in [-0.39, 0.29) is 0 Å². The van der Waals surface area contributed by atoms with Gasteiger partial charge in [0.1, 0.15) is 11.8 Å². The molecule has 2 aromatic rings. The highest BCUT2D eigenvalue weighted by atomic mass is 16.5. The van der Waals surface area contributed by atoms with E-state index < -0.39 is 0 Å². The van der Waals surface area contributed by atoms with E-state index in [1.807, 2.05) is 4.52 Å². The van der Waals surface area contributed by atoms with Crippen molar-refractivity contribution in [3.05, 3.63) is 24.2 Å². The lowest BCUT2D eigenvalue weighted by Gasteiger charge is -2.30. The number of nitrogens with one attached hydrogen (secondary N) is 2. The lowest BCUT2D eigenvalue weighted by Crippen LogP contribution is -2.37. The van der Waals surface area contributed by atoms with Gasteiger partial charge in [0.05, 0.1) is 0 Å². The van der Waals surface area contributed by atoms with Crippen LogP contribution in [0.4, 0.5) is 5.82 Å². The summed E-state index contributed by atoms with van der Waals surface area (Å²) in [5, 5.41) is 11.7. The quantitative estimate of drug-likeness (QED) is 0.874. The van der Waals surface area contributed by atoms with Crippen LogP contribution in [-0.4, -0.2) is 46.4 Å². The summed E-state index contributed by atoms with van der Waals surface area (Å²) in [6, 6.07) is 3.40. The van der Waals surface area contributed by atoms with Crippen molar-refractivity contribution in [2.75, 3.05) is 25.1 Å². The Morgan fingerprint density at radius 3 is 2.64 bits per heavy atom. The fraction of sp³-hybridized carbons (Fsp3) is 0.684. The first-order valence-corrected chi connectivity index (χ1v) is 9.75. The van der Waals surface area contributed by atoms with E-state index in [2.05, 4.69) is 39.9 Å². The summed E-state index contributed by atoms with van der Waals surface area (Å²) in [4.78, 5) is 4.59. The van der Waals surface area contributed by atoms with Crippen LogP contribution in [0.15, 0.2) is 18.6 Å². The number of hydrogen-bond acceptors (Lipinski definition) is 5. The van der Waals surface area contributed by atoms with Gasteiger partial charge in [-0.15, -0.1) is 0 Å². The topological polar surface area (TPSA) is 63.5 Å². The fourth-order valence-corrected chi connectivity index (χ4v) is 4.35. The van der Waals surface area contributed by atoms with Crippen molar-refractivity contribution in [2.45, 2.75) is 63.5 Å². The van der Waals surface area contributed by atoms with E-state index >= 15 is 0 Å². The van der Waals surface area contributed by atoms with Crippen molar-refractivity contribution < 1.29 is 4.74 Å². The summed E-state index contributed by atoms with van der Waals surface area (Å²) >= 11 is 0. The molecule has 6 nitrogen and oxygen atoms in total. The summed E-state index contributed by atoms with van der Waals surface area (Å²) in [6.07, 6.45) is 10.8. The maximum atomic E-state index is 5.53. The van der Waals surface area contributed by atoms with Gasteiger partial charge in [0.2, 0.25) is 0 Å². The highest BCUT2D eigenvalue weighted by Crippen LogP contribution is 2.33. The first-order valence-electron chi connectivity index (χ1n) is 9.75. The molecule has 0 atom stereocenters. The third-order valence-corrected chi connectivity index (χ3v) is 5.71. The van der Waals surface area contributed by atoms with Crippen molar-refractivity contribution >= 4 is 11.3 Å². The van der Waals surface area contributed by atoms with Gasteiger partial charge in [-0.3, -0.25) is 0 Å². The summed E-state index contributed by atoms with van der Waals surface area (Å²) in [6.45, 7) is 4.96. The first kappa shape index (κ1) is 16.8. The summed E-state index contributed by atoms with van der Waals surface area (Å²) in [7, 11) is 0. The molecule has 6 heteroatoms. The second-order valence-electron chi connectivity index (χ2n) is 7.31.